The average Bonchev–Trinajstić information content (AvgIpc) is 3.35. The van der Waals surface area contributed by atoms with Gasteiger partial charge in [0.25, 0.3) is 0 Å². The highest BCUT2D eigenvalue weighted by molar-refractivity contribution is 14.1. The number of alkyl halides is 1. The summed E-state index contributed by atoms with van der Waals surface area (Å²) >= 11 is 2.07. The summed E-state index contributed by atoms with van der Waals surface area (Å²) in [6.45, 7) is 8.32. The van der Waals surface area contributed by atoms with Crippen molar-refractivity contribution in [3.05, 3.63) is 65.7 Å². The highest BCUT2D eigenvalue weighted by Crippen LogP contribution is 2.44. The van der Waals surface area contributed by atoms with E-state index >= 15 is 0 Å². The molecule has 5 amide bonds. The quantitative estimate of drug-likeness (QED) is 0.120. The van der Waals surface area contributed by atoms with Crippen molar-refractivity contribution in [2.45, 2.75) is 93.7 Å². The third-order valence-electron chi connectivity index (χ3n) is 9.18. The molecule has 2 aromatic carbocycles. The molecule has 0 radical (unpaired) electrons. The van der Waals surface area contributed by atoms with Gasteiger partial charge in [0.15, 0.2) is 5.54 Å². The molecule has 1 saturated heterocycles. The van der Waals surface area contributed by atoms with Crippen LogP contribution >= 0.6 is 22.6 Å². The predicted molar refractivity (Wildman–Crippen MR) is 194 cm³/mol. The summed E-state index contributed by atoms with van der Waals surface area (Å²) in [5.74, 6) is -2.18. The molecule has 4 N–H and O–H groups in total. The van der Waals surface area contributed by atoms with Crippen molar-refractivity contribution >= 4 is 64.2 Å². The van der Waals surface area contributed by atoms with Gasteiger partial charge in [0.1, 0.15) is 24.3 Å². The second-order valence-electron chi connectivity index (χ2n) is 14.1. The number of nitrogens with one attached hydrogen (secondary N) is 4. The van der Waals surface area contributed by atoms with Gasteiger partial charge in [-0.1, -0.05) is 85.8 Å². The molecular formula is C36H44IN5O9. The second-order valence-corrected chi connectivity index (χ2v) is 15.6. The summed E-state index contributed by atoms with van der Waals surface area (Å²) in [5, 5.41) is 11.3. The Morgan fingerprint density at radius 2 is 1.67 bits per heavy atom. The van der Waals surface area contributed by atoms with Crippen molar-refractivity contribution < 1.29 is 43.0 Å². The average molecular weight is 818 g/mol. The molecule has 3 aliphatic rings. The Balaban J connectivity index is 1.35. The zero-order chi connectivity index (χ0) is 37.1. The number of halogens is 1. The lowest BCUT2D eigenvalue weighted by atomic mass is 9.86. The zero-order valence-electron chi connectivity index (χ0n) is 29.2. The Morgan fingerprint density at radius 3 is 2.29 bits per heavy atom. The molecular weight excluding hydrogens is 773 g/mol. The number of benzene rings is 2. The first kappa shape index (κ1) is 37.8. The van der Waals surface area contributed by atoms with Crippen molar-refractivity contribution in [2.24, 2.45) is 5.41 Å². The largest absolute Gasteiger partial charge is 0.464 e. The molecule has 51 heavy (non-hydrogen) atoms. The van der Waals surface area contributed by atoms with Crippen LogP contribution in [-0.4, -0.2) is 87.7 Å². The van der Waals surface area contributed by atoms with Gasteiger partial charge in [-0.15, -0.1) is 0 Å². The highest BCUT2D eigenvalue weighted by atomic mass is 127. The van der Waals surface area contributed by atoms with Crippen molar-refractivity contribution in [2.75, 3.05) is 18.5 Å². The van der Waals surface area contributed by atoms with E-state index in [4.69, 9.17) is 14.2 Å². The van der Waals surface area contributed by atoms with Crippen molar-refractivity contribution in [3.8, 4) is 0 Å². The number of amides is 5. The summed E-state index contributed by atoms with van der Waals surface area (Å²) in [6.07, 6.45) is -1.56. The first-order chi connectivity index (χ1) is 24.1. The van der Waals surface area contributed by atoms with E-state index in [0.717, 1.165) is 11.1 Å². The molecule has 5 rings (SSSR count). The van der Waals surface area contributed by atoms with E-state index < -0.39 is 77.2 Å². The standard InChI is InChI=1S/C36H44IN5O9/c1-6-49-32(46)36(18-27(36)37)41-30(44)25-17-23(51-34(48)38-22-13-8-7-9-14-22)19-42(25)33(47)40-29(35(3,4)5)31(45)39-28-24-15-11-10-12-21(24)16-26(28)50-20(2)43/h7-15,23,25-29H,6,16-19H2,1-5H3,(H,38,48)(H,39,45)(H,40,47)(H,41,44)/t23-,25+,26-,27-,28+,29-,36-/m1/s1. The number of para-hydroxylation sites is 1. The SMILES string of the molecule is CCOC(=O)[C@@]1(NC(=O)[C@@H]2C[C@@H](OC(=O)Nc3ccccc3)CN2C(=O)N[C@H](C(=O)N[C@H]2c3ccccc3C[C@H]2OC(C)=O)C(C)(C)C)C[C@H]1I. The maximum Gasteiger partial charge on any atom is 0.411 e. The van der Waals surface area contributed by atoms with Gasteiger partial charge >= 0.3 is 24.1 Å². The van der Waals surface area contributed by atoms with Crippen LogP contribution in [0.4, 0.5) is 15.3 Å². The van der Waals surface area contributed by atoms with Crippen LogP contribution in [0, 0.1) is 5.41 Å². The van der Waals surface area contributed by atoms with Gasteiger partial charge in [0.05, 0.1) is 19.2 Å². The summed E-state index contributed by atoms with van der Waals surface area (Å²) in [6, 6.07) is 12.5. The van der Waals surface area contributed by atoms with Crippen LogP contribution in [0.15, 0.2) is 54.6 Å². The number of rotatable bonds is 10. The number of ether oxygens (including phenoxy) is 3. The van der Waals surface area contributed by atoms with Gasteiger partial charge in [0.2, 0.25) is 11.8 Å². The van der Waals surface area contributed by atoms with Gasteiger partial charge in [0, 0.05) is 29.4 Å². The van der Waals surface area contributed by atoms with E-state index in [2.05, 4.69) is 43.9 Å². The van der Waals surface area contributed by atoms with Crippen LogP contribution in [0.5, 0.6) is 0 Å². The van der Waals surface area contributed by atoms with E-state index in [0.29, 0.717) is 18.5 Å². The van der Waals surface area contributed by atoms with E-state index in [1.807, 2.05) is 24.3 Å². The molecule has 2 aromatic rings. The minimum absolute atomic E-state index is 0.0540. The van der Waals surface area contributed by atoms with Gasteiger partial charge < -0.3 is 35.1 Å². The molecule has 274 valence electrons. The second kappa shape index (κ2) is 15.5. The lowest BCUT2D eigenvalue weighted by Crippen LogP contribution is -2.60. The highest BCUT2D eigenvalue weighted by Gasteiger charge is 2.62. The number of likely N-dealkylation sites (tertiary alicyclic amines) is 1. The molecule has 0 spiro atoms. The van der Waals surface area contributed by atoms with E-state index in [1.54, 1.807) is 58.0 Å². The van der Waals surface area contributed by atoms with Crippen molar-refractivity contribution in [3.63, 3.8) is 0 Å². The molecule has 2 aliphatic carbocycles. The molecule has 7 atom stereocenters. The predicted octanol–water partition coefficient (Wildman–Crippen LogP) is 3.77. The minimum atomic E-state index is -1.23. The molecule has 15 heteroatoms. The molecule has 1 heterocycles. The lowest BCUT2D eigenvalue weighted by Gasteiger charge is -2.34. The maximum absolute atomic E-state index is 14.1. The topological polar surface area (TPSA) is 181 Å². The number of anilines is 1. The van der Waals surface area contributed by atoms with Crippen molar-refractivity contribution in [1.29, 1.82) is 0 Å². The molecule has 1 saturated carbocycles. The minimum Gasteiger partial charge on any atom is -0.464 e. The first-order valence-electron chi connectivity index (χ1n) is 16.9. The smallest absolute Gasteiger partial charge is 0.411 e. The summed E-state index contributed by atoms with van der Waals surface area (Å²) < 4.78 is 16.2. The fraction of sp³-hybridized carbons (Fsp3) is 0.500. The molecule has 1 aliphatic heterocycles. The van der Waals surface area contributed by atoms with E-state index in [1.165, 1.54) is 11.8 Å². The van der Waals surface area contributed by atoms with Crippen LogP contribution in [0.1, 0.15) is 64.6 Å². The number of urea groups is 1. The number of carbonyl (C=O) groups excluding carboxylic acids is 6. The fourth-order valence-electron chi connectivity index (χ4n) is 6.52. The lowest BCUT2D eigenvalue weighted by molar-refractivity contribution is -0.149. The van der Waals surface area contributed by atoms with Crippen LogP contribution < -0.4 is 21.3 Å². The molecule has 2 fully saturated rings. The number of nitrogens with zero attached hydrogens (tertiary/aromatic N) is 1. The Bertz CT molecular complexity index is 1670. The van der Waals surface area contributed by atoms with Gasteiger partial charge in [-0.25, -0.2) is 14.4 Å². The number of esters is 2. The van der Waals surface area contributed by atoms with Crippen LogP contribution in [-0.2, 0) is 39.8 Å². The van der Waals surface area contributed by atoms with E-state index in [9.17, 15) is 28.8 Å². The number of carbonyl (C=O) groups is 6. The fourth-order valence-corrected chi connectivity index (χ4v) is 7.63. The first-order valence-corrected chi connectivity index (χ1v) is 18.2. The third-order valence-corrected chi connectivity index (χ3v) is 10.7. The van der Waals surface area contributed by atoms with Crippen LogP contribution in [0.3, 0.4) is 0 Å². The van der Waals surface area contributed by atoms with Crippen LogP contribution in [0.2, 0.25) is 0 Å². The van der Waals surface area contributed by atoms with Gasteiger partial charge in [-0.05, 0) is 42.0 Å². The third kappa shape index (κ3) is 8.73. The Morgan fingerprint density at radius 1 is 1.00 bits per heavy atom. The summed E-state index contributed by atoms with van der Waals surface area (Å²) in [5.41, 5.74) is 0.203. The zero-order valence-corrected chi connectivity index (χ0v) is 31.4. The van der Waals surface area contributed by atoms with E-state index in [-0.39, 0.29) is 23.5 Å². The number of hydrogen-bond donors (Lipinski definition) is 4. The normalized spacial score (nSPS) is 25.5. The molecule has 14 nitrogen and oxygen atoms in total. The number of hydrogen-bond acceptors (Lipinski definition) is 9. The van der Waals surface area contributed by atoms with Gasteiger partial charge in [-0.2, -0.15) is 0 Å². The molecule has 0 aromatic heterocycles. The van der Waals surface area contributed by atoms with Crippen molar-refractivity contribution in [1.82, 2.24) is 20.9 Å². The Kier molecular flexibility index (Phi) is 11.5. The molecule has 0 bridgehead atoms. The summed E-state index contributed by atoms with van der Waals surface area (Å²) in [7, 11) is 0. The van der Waals surface area contributed by atoms with Crippen LogP contribution in [0.25, 0.3) is 0 Å². The summed E-state index contributed by atoms with van der Waals surface area (Å²) in [4.78, 5) is 80.8. The van der Waals surface area contributed by atoms with Gasteiger partial charge in [-0.3, -0.25) is 19.7 Å². The maximum atomic E-state index is 14.1. The monoisotopic (exact) mass is 817 g/mol. The Labute approximate surface area is 310 Å². The molecule has 0 unspecified atom stereocenters. The number of fused-ring (bicyclic) bond motifs is 1. The Hall–Kier alpha value is -4.41.